The number of rotatable bonds is 3. The summed E-state index contributed by atoms with van der Waals surface area (Å²) in [7, 11) is 1.59. The molecule has 0 N–H and O–H groups in total. The second-order valence-electron chi connectivity index (χ2n) is 5.07. The smallest absolute Gasteiger partial charge is 0.165 e. The molecule has 19 heavy (non-hydrogen) atoms. The number of hydrogen-bond acceptors (Lipinski definition) is 4. The summed E-state index contributed by atoms with van der Waals surface area (Å²) in [4.78, 5) is 14.1. The Kier molecular flexibility index (Phi) is 4.10. The van der Waals surface area contributed by atoms with Crippen LogP contribution in [0.3, 0.4) is 0 Å². The summed E-state index contributed by atoms with van der Waals surface area (Å²) < 4.78 is 11.0. The third-order valence-electron chi connectivity index (χ3n) is 3.34. The molecule has 0 bridgehead atoms. The molecule has 2 rings (SSSR count). The van der Waals surface area contributed by atoms with E-state index in [1.807, 2.05) is 18.2 Å². The fraction of sp³-hybridized carbons (Fsp3) is 0.533. The van der Waals surface area contributed by atoms with Gasteiger partial charge in [0.05, 0.1) is 30.6 Å². The van der Waals surface area contributed by atoms with Crippen LogP contribution < -0.4 is 9.64 Å². The second-order valence-corrected chi connectivity index (χ2v) is 5.07. The maximum atomic E-state index is 11.9. The van der Waals surface area contributed by atoms with Crippen LogP contribution in [0.1, 0.15) is 31.1 Å². The predicted molar refractivity (Wildman–Crippen MR) is 75.2 cm³/mol. The van der Waals surface area contributed by atoms with Gasteiger partial charge in [-0.1, -0.05) is 6.07 Å². The first-order valence-electron chi connectivity index (χ1n) is 6.61. The lowest BCUT2D eigenvalue weighted by molar-refractivity contribution is -0.00528. The number of anilines is 1. The highest BCUT2D eigenvalue weighted by Crippen LogP contribution is 2.31. The van der Waals surface area contributed by atoms with Crippen LogP contribution in [0, 0.1) is 0 Å². The first-order valence-corrected chi connectivity index (χ1v) is 6.61. The zero-order valence-corrected chi connectivity index (χ0v) is 12.0. The van der Waals surface area contributed by atoms with Crippen LogP contribution in [0.25, 0.3) is 0 Å². The molecule has 1 heterocycles. The number of carbonyl (C=O) groups is 1. The Morgan fingerprint density at radius 2 is 1.95 bits per heavy atom. The molecule has 0 aromatic heterocycles. The lowest BCUT2D eigenvalue weighted by Crippen LogP contribution is -2.46. The molecule has 0 unspecified atom stereocenters. The molecule has 1 fully saturated rings. The topological polar surface area (TPSA) is 38.8 Å². The maximum Gasteiger partial charge on any atom is 0.165 e. The van der Waals surface area contributed by atoms with Gasteiger partial charge in [-0.2, -0.15) is 0 Å². The van der Waals surface area contributed by atoms with Crippen molar-refractivity contribution in [1.82, 2.24) is 0 Å². The molecular formula is C15H21NO3. The first-order chi connectivity index (χ1) is 9.02. The van der Waals surface area contributed by atoms with E-state index in [2.05, 4.69) is 18.7 Å². The highest BCUT2D eigenvalue weighted by Gasteiger charge is 2.26. The summed E-state index contributed by atoms with van der Waals surface area (Å²) in [5, 5.41) is 0. The van der Waals surface area contributed by atoms with Crippen molar-refractivity contribution in [2.75, 3.05) is 25.1 Å². The molecule has 2 atom stereocenters. The second kappa shape index (κ2) is 5.61. The van der Waals surface area contributed by atoms with Crippen LogP contribution in [0.5, 0.6) is 5.75 Å². The van der Waals surface area contributed by atoms with Crippen molar-refractivity contribution < 1.29 is 14.3 Å². The van der Waals surface area contributed by atoms with E-state index in [4.69, 9.17) is 9.47 Å². The van der Waals surface area contributed by atoms with E-state index in [1.54, 1.807) is 14.0 Å². The van der Waals surface area contributed by atoms with E-state index in [9.17, 15) is 4.79 Å². The minimum absolute atomic E-state index is 0.0271. The Morgan fingerprint density at radius 3 is 2.47 bits per heavy atom. The maximum absolute atomic E-state index is 11.9. The molecule has 1 aromatic rings. The molecule has 1 aliphatic rings. The van der Waals surface area contributed by atoms with E-state index in [0.717, 1.165) is 18.8 Å². The van der Waals surface area contributed by atoms with E-state index in [-0.39, 0.29) is 18.0 Å². The summed E-state index contributed by atoms with van der Waals surface area (Å²) in [6.07, 6.45) is 0.324. The molecule has 1 aliphatic heterocycles. The van der Waals surface area contributed by atoms with Gasteiger partial charge in [-0.25, -0.2) is 0 Å². The minimum Gasteiger partial charge on any atom is -0.496 e. The number of ketones is 1. The number of methoxy groups -OCH3 is 1. The summed E-state index contributed by atoms with van der Waals surface area (Å²) in [5.74, 6) is 0.663. The average molecular weight is 263 g/mol. The van der Waals surface area contributed by atoms with Gasteiger partial charge in [0, 0.05) is 13.1 Å². The predicted octanol–water partition coefficient (Wildman–Crippen LogP) is 2.51. The first kappa shape index (κ1) is 13.9. The van der Waals surface area contributed by atoms with Gasteiger partial charge in [0.1, 0.15) is 5.75 Å². The van der Waals surface area contributed by atoms with E-state index in [1.165, 1.54) is 0 Å². The SMILES string of the molecule is COc1cccc(N2C[C@@H](C)O[C@@H](C)C2)c1C(C)=O. The van der Waals surface area contributed by atoms with Crippen molar-refractivity contribution >= 4 is 11.5 Å². The summed E-state index contributed by atoms with van der Waals surface area (Å²) >= 11 is 0. The molecule has 1 aromatic carbocycles. The number of hydrogen-bond donors (Lipinski definition) is 0. The summed E-state index contributed by atoms with van der Waals surface area (Å²) in [6, 6.07) is 5.73. The largest absolute Gasteiger partial charge is 0.496 e. The zero-order valence-electron chi connectivity index (χ0n) is 12.0. The molecule has 0 radical (unpaired) electrons. The molecule has 104 valence electrons. The molecule has 4 heteroatoms. The van der Waals surface area contributed by atoms with Crippen molar-refractivity contribution in [2.24, 2.45) is 0 Å². The van der Waals surface area contributed by atoms with Gasteiger partial charge in [-0.3, -0.25) is 4.79 Å². The number of Topliss-reactive ketones (excluding diaryl/α,β-unsaturated/α-hetero) is 1. The van der Waals surface area contributed by atoms with Crippen molar-refractivity contribution in [2.45, 2.75) is 33.0 Å². The lowest BCUT2D eigenvalue weighted by Gasteiger charge is -2.37. The summed E-state index contributed by atoms with van der Waals surface area (Å²) in [6.45, 7) is 7.26. The van der Waals surface area contributed by atoms with Crippen LogP contribution in [0.4, 0.5) is 5.69 Å². The number of benzene rings is 1. The van der Waals surface area contributed by atoms with E-state index >= 15 is 0 Å². The number of carbonyl (C=O) groups excluding carboxylic acids is 1. The van der Waals surface area contributed by atoms with Gasteiger partial charge in [0.15, 0.2) is 5.78 Å². The highest BCUT2D eigenvalue weighted by molar-refractivity contribution is 6.02. The van der Waals surface area contributed by atoms with Gasteiger partial charge >= 0.3 is 0 Å². The summed E-state index contributed by atoms with van der Waals surface area (Å²) in [5.41, 5.74) is 1.60. The quantitative estimate of drug-likeness (QED) is 0.785. The Hall–Kier alpha value is -1.55. The fourth-order valence-corrected chi connectivity index (χ4v) is 2.68. The third-order valence-corrected chi connectivity index (χ3v) is 3.34. The van der Waals surface area contributed by atoms with Gasteiger partial charge in [-0.05, 0) is 32.9 Å². The molecule has 1 saturated heterocycles. The van der Waals surface area contributed by atoms with Crippen molar-refractivity contribution in [1.29, 1.82) is 0 Å². The lowest BCUT2D eigenvalue weighted by atomic mass is 10.1. The van der Waals surface area contributed by atoms with Crippen LogP contribution >= 0.6 is 0 Å². The van der Waals surface area contributed by atoms with Gasteiger partial charge in [0.2, 0.25) is 0 Å². The minimum atomic E-state index is 0.0271. The van der Waals surface area contributed by atoms with E-state index in [0.29, 0.717) is 11.3 Å². The van der Waals surface area contributed by atoms with Crippen LogP contribution in [-0.4, -0.2) is 38.2 Å². The van der Waals surface area contributed by atoms with Crippen molar-refractivity contribution in [3.05, 3.63) is 23.8 Å². The fourth-order valence-electron chi connectivity index (χ4n) is 2.68. The third kappa shape index (κ3) is 2.89. The van der Waals surface area contributed by atoms with E-state index < -0.39 is 0 Å². The van der Waals surface area contributed by atoms with Crippen molar-refractivity contribution in [3.8, 4) is 5.75 Å². The number of ether oxygens (including phenoxy) is 2. The highest BCUT2D eigenvalue weighted by atomic mass is 16.5. The van der Waals surface area contributed by atoms with Crippen LogP contribution in [-0.2, 0) is 4.74 Å². The average Bonchev–Trinajstić information content (AvgIpc) is 2.36. The Bertz CT molecular complexity index is 462. The molecule has 0 saturated carbocycles. The molecule has 0 spiro atoms. The molecule has 0 aliphatic carbocycles. The van der Waals surface area contributed by atoms with Gasteiger partial charge in [0.25, 0.3) is 0 Å². The zero-order chi connectivity index (χ0) is 14.0. The Labute approximate surface area is 114 Å². The normalized spacial score (nSPS) is 23.3. The van der Waals surface area contributed by atoms with Gasteiger partial charge in [-0.15, -0.1) is 0 Å². The monoisotopic (exact) mass is 263 g/mol. The standard InChI is InChI=1S/C15H21NO3/c1-10-8-16(9-11(2)19-10)13-6-5-7-14(18-4)15(13)12(3)17/h5-7,10-11H,8-9H2,1-4H3/t10-,11+. The number of nitrogens with zero attached hydrogens (tertiary/aromatic N) is 1. The molecule has 4 nitrogen and oxygen atoms in total. The van der Waals surface area contributed by atoms with Crippen molar-refractivity contribution in [3.63, 3.8) is 0 Å². The molecule has 0 amide bonds. The Morgan fingerprint density at radius 1 is 1.32 bits per heavy atom. The Balaban J connectivity index is 2.41. The van der Waals surface area contributed by atoms with Crippen LogP contribution in [0.2, 0.25) is 0 Å². The molecular weight excluding hydrogens is 242 g/mol. The van der Waals surface area contributed by atoms with Crippen LogP contribution in [0.15, 0.2) is 18.2 Å². The van der Waals surface area contributed by atoms with Gasteiger partial charge < -0.3 is 14.4 Å². The number of morpholine rings is 1.